The van der Waals surface area contributed by atoms with E-state index in [1.54, 1.807) is 40.6 Å². The summed E-state index contributed by atoms with van der Waals surface area (Å²) in [5.41, 5.74) is 8.66. The molecule has 1 N–H and O–H groups in total. The minimum Gasteiger partial charge on any atom is -0.497 e. The van der Waals surface area contributed by atoms with Gasteiger partial charge in [-0.1, -0.05) is 151 Å². The Bertz CT molecular complexity index is 2890. The van der Waals surface area contributed by atoms with E-state index in [1.807, 2.05) is 72.8 Å². The first kappa shape index (κ1) is 60.1. The van der Waals surface area contributed by atoms with E-state index in [0.717, 1.165) is 67.1 Å². The molecular formula is C70H82O10. The zero-order valence-corrected chi connectivity index (χ0v) is 48.5. The molecule has 9 rings (SSSR count). The van der Waals surface area contributed by atoms with Gasteiger partial charge in [-0.05, 0) is 168 Å². The van der Waals surface area contributed by atoms with E-state index in [1.165, 1.54) is 78.8 Å². The lowest BCUT2D eigenvalue weighted by Crippen LogP contribution is -2.30. The third-order valence-electron chi connectivity index (χ3n) is 16.2. The summed E-state index contributed by atoms with van der Waals surface area (Å²) in [6, 6.07) is 56.6. The number of carbonyl (C=O) groups is 2. The van der Waals surface area contributed by atoms with Gasteiger partial charge in [-0.15, -0.1) is 0 Å². The van der Waals surface area contributed by atoms with Crippen molar-refractivity contribution in [3.8, 4) is 40.2 Å². The van der Waals surface area contributed by atoms with Crippen molar-refractivity contribution in [3.05, 3.63) is 209 Å². The summed E-state index contributed by atoms with van der Waals surface area (Å²) in [6.07, 6.45) is 12.8. The molecule has 2 saturated carbocycles. The largest absolute Gasteiger partial charge is 0.519 e. The zero-order chi connectivity index (χ0) is 57.2. The Morgan fingerprint density at radius 2 is 0.675 bits per heavy atom. The minimum atomic E-state index is -0.764. The molecule has 0 spiro atoms. The molecule has 2 fully saturated rings. The Morgan fingerprint density at radius 3 is 0.963 bits per heavy atom. The van der Waals surface area contributed by atoms with Gasteiger partial charge in [-0.25, -0.2) is 4.79 Å². The number of hydrogen-bond acceptors (Lipinski definition) is 10. The molecule has 422 valence electrons. The topological polar surface area (TPSA) is 119 Å². The van der Waals surface area contributed by atoms with Crippen molar-refractivity contribution in [1.29, 1.82) is 0 Å². The lowest BCUT2D eigenvalue weighted by molar-refractivity contribution is -0.131. The second-order valence-corrected chi connectivity index (χ2v) is 22.2. The van der Waals surface area contributed by atoms with Crippen LogP contribution in [0.2, 0.25) is 0 Å². The highest BCUT2D eigenvalue weighted by Crippen LogP contribution is 2.47. The molecule has 0 heterocycles. The first-order chi connectivity index (χ1) is 38.6. The molecule has 10 heteroatoms. The summed E-state index contributed by atoms with van der Waals surface area (Å²) in [6.45, 7) is 10.2. The third kappa shape index (κ3) is 15.2. The molecule has 7 aromatic carbocycles. The molecule has 10 nitrogen and oxygen atoms in total. The Hall–Kier alpha value is -7.56. The van der Waals surface area contributed by atoms with Crippen LogP contribution in [-0.2, 0) is 26.5 Å². The normalized spacial score (nSPS) is 14.6. The first-order valence-corrected chi connectivity index (χ1v) is 28.2. The fraction of sp³-hybridized carbons (Fsp3) is 0.371. The molecular weight excluding hydrogens is 1000 g/mol. The van der Waals surface area contributed by atoms with Crippen molar-refractivity contribution in [1.82, 2.24) is 0 Å². The summed E-state index contributed by atoms with van der Waals surface area (Å²) in [7, 11) is 6.77. The number of esters is 1. The van der Waals surface area contributed by atoms with E-state index in [2.05, 4.69) is 113 Å². The molecule has 0 saturated heterocycles. The maximum Gasteiger partial charge on any atom is 0.519 e. The van der Waals surface area contributed by atoms with E-state index >= 15 is 0 Å². The van der Waals surface area contributed by atoms with Gasteiger partial charge in [0.15, 0.2) is 0 Å². The fourth-order valence-electron chi connectivity index (χ4n) is 11.5. The highest BCUT2D eigenvalue weighted by molar-refractivity contribution is 5.69. The van der Waals surface area contributed by atoms with E-state index in [9.17, 15) is 14.7 Å². The highest BCUT2D eigenvalue weighted by atomic mass is 16.7. The number of rotatable bonds is 16. The van der Waals surface area contributed by atoms with Gasteiger partial charge < -0.3 is 38.3 Å². The molecule has 0 aliphatic heterocycles. The summed E-state index contributed by atoms with van der Waals surface area (Å²) in [5.74, 6) is 4.65. The van der Waals surface area contributed by atoms with Crippen LogP contribution in [0, 0.1) is 0 Å². The Balaban J connectivity index is 0.000000182. The lowest BCUT2D eigenvalue weighted by atomic mass is 9.65. The number of ether oxygens (including phenoxy) is 7. The Labute approximate surface area is 475 Å². The summed E-state index contributed by atoms with van der Waals surface area (Å²) in [5, 5.41) is 9.25. The lowest BCUT2D eigenvalue weighted by Gasteiger charge is -2.38. The number of benzene rings is 7. The molecule has 0 radical (unpaired) electrons. The van der Waals surface area contributed by atoms with Gasteiger partial charge in [0.1, 0.15) is 40.2 Å². The molecule has 0 amide bonds. The summed E-state index contributed by atoms with van der Waals surface area (Å²) < 4.78 is 37.1. The predicted octanol–water partition coefficient (Wildman–Crippen LogP) is 16.5. The van der Waals surface area contributed by atoms with Crippen molar-refractivity contribution in [3.63, 3.8) is 0 Å². The van der Waals surface area contributed by atoms with E-state index < -0.39 is 6.16 Å². The summed E-state index contributed by atoms with van der Waals surface area (Å²) >= 11 is 0. The van der Waals surface area contributed by atoms with Crippen LogP contribution in [0.5, 0.6) is 40.2 Å². The van der Waals surface area contributed by atoms with Crippen LogP contribution in [0.3, 0.4) is 0 Å². The number of carbonyl (C=O) groups excluding carboxylic acids is 2. The van der Waals surface area contributed by atoms with Gasteiger partial charge in [0.05, 0.1) is 28.4 Å². The van der Waals surface area contributed by atoms with Crippen LogP contribution in [0.15, 0.2) is 170 Å². The van der Waals surface area contributed by atoms with Gasteiger partial charge in [0, 0.05) is 29.8 Å². The molecule has 0 atom stereocenters. The maximum atomic E-state index is 12.4. The second-order valence-electron chi connectivity index (χ2n) is 22.2. The first-order valence-electron chi connectivity index (χ1n) is 28.2. The van der Waals surface area contributed by atoms with Gasteiger partial charge in [0.25, 0.3) is 0 Å². The minimum absolute atomic E-state index is 0.0286. The van der Waals surface area contributed by atoms with Crippen LogP contribution in [-0.4, -0.2) is 52.3 Å². The molecule has 7 aromatic rings. The highest BCUT2D eigenvalue weighted by Gasteiger charge is 2.37. The molecule has 2 aliphatic carbocycles. The van der Waals surface area contributed by atoms with Gasteiger partial charge in [-0.3, -0.25) is 4.79 Å². The van der Waals surface area contributed by atoms with Crippen LogP contribution < -0.4 is 33.2 Å². The second kappa shape index (κ2) is 28.0. The Kier molecular flexibility index (Phi) is 21.1. The average molecular weight is 1080 g/mol. The molecule has 80 heavy (non-hydrogen) atoms. The monoisotopic (exact) mass is 1080 g/mol. The number of aliphatic hydroxyl groups excluding tert-OH is 1. The van der Waals surface area contributed by atoms with Crippen molar-refractivity contribution >= 4 is 12.1 Å². The maximum absolute atomic E-state index is 12.4. The van der Waals surface area contributed by atoms with Crippen LogP contribution in [0.25, 0.3) is 0 Å². The molecule has 0 aromatic heterocycles. The van der Waals surface area contributed by atoms with E-state index in [0.29, 0.717) is 17.2 Å². The van der Waals surface area contributed by atoms with E-state index in [4.69, 9.17) is 33.2 Å². The van der Waals surface area contributed by atoms with Crippen molar-refractivity contribution in [2.75, 3.05) is 35.0 Å². The van der Waals surface area contributed by atoms with Crippen LogP contribution in [0.4, 0.5) is 4.79 Å². The van der Waals surface area contributed by atoms with Crippen LogP contribution in [0.1, 0.15) is 151 Å². The van der Waals surface area contributed by atoms with Gasteiger partial charge in [-0.2, -0.15) is 0 Å². The standard InChI is InChI=1S/C31H34O5.C20H24O2.C19H24O3/c1-22(32)34-26-16-10-24(11-17-26)31(20-6-5-7-21-31)25-12-18-28(19-13-25)36-29(33)35-27-14-8-23(9-15-27)30(2,3)4;1-21-18-10-6-16(7-11-18)20(14-4-3-5-15-20)17-8-12-19(22-2)13-9-17;1-19(13-4-14-20,15-5-9-17(21-2)10-6-15)16-7-11-18(22-3)12-8-16/h8-19H,5-7,20-21H2,1-4H3;6-13H,3-5,14-15H2,1-2H3;5-12,20H,4,13-14H2,1-3H3. The summed E-state index contributed by atoms with van der Waals surface area (Å²) in [4.78, 5) is 23.6. The fourth-order valence-corrected chi connectivity index (χ4v) is 11.5. The SMILES string of the molecule is CC(=O)Oc1ccc(C2(c3ccc(OC(=O)Oc4ccc(C(C)(C)C)cc4)cc3)CCCCC2)cc1.COc1ccc(C(C)(CCCO)c2ccc(OC)cc2)cc1.COc1ccc(C2(c3ccc(OC)cc3)CCCCC2)cc1. The van der Waals surface area contributed by atoms with Crippen molar-refractivity contribution < 1.29 is 47.9 Å². The quantitative estimate of drug-likeness (QED) is 0.0569. The smallest absolute Gasteiger partial charge is 0.497 e. The van der Waals surface area contributed by atoms with Crippen molar-refractivity contribution in [2.45, 2.75) is 133 Å². The van der Waals surface area contributed by atoms with E-state index in [-0.39, 0.29) is 34.2 Å². The molecule has 0 bridgehead atoms. The van der Waals surface area contributed by atoms with Crippen molar-refractivity contribution in [2.24, 2.45) is 0 Å². The predicted molar refractivity (Wildman–Crippen MR) is 318 cm³/mol. The van der Waals surface area contributed by atoms with Crippen LogP contribution >= 0.6 is 0 Å². The average Bonchev–Trinajstić information content (AvgIpc) is 3.59. The number of methoxy groups -OCH3 is 4. The molecule has 0 unspecified atom stereocenters. The molecule has 2 aliphatic rings. The zero-order valence-electron chi connectivity index (χ0n) is 48.5. The number of hydrogen-bond donors (Lipinski definition) is 1. The number of aliphatic hydroxyl groups is 1. The Morgan fingerprint density at radius 1 is 0.400 bits per heavy atom. The third-order valence-corrected chi connectivity index (χ3v) is 16.2. The van der Waals surface area contributed by atoms with Gasteiger partial charge in [0.2, 0.25) is 0 Å². The van der Waals surface area contributed by atoms with Gasteiger partial charge >= 0.3 is 12.1 Å².